The molecule has 0 spiro atoms. The smallest absolute Gasteiger partial charge is 0.326 e. The average molecular weight is 424 g/mol. The van der Waals surface area contributed by atoms with Gasteiger partial charge in [0.25, 0.3) is 11.8 Å². The predicted molar refractivity (Wildman–Crippen MR) is 122 cm³/mol. The summed E-state index contributed by atoms with van der Waals surface area (Å²) in [6, 6.07) is 24.0. The lowest BCUT2D eigenvalue weighted by atomic mass is 9.96. The summed E-state index contributed by atoms with van der Waals surface area (Å²) in [6.45, 7) is 1.74. The molecule has 0 N–H and O–H groups in total. The van der Waals surface area contributed by atoms with Crippen molar-refractivity contribution >= 4 is 46.0 Å². The van der Waals surface area contributed by atoms with Crippen LogP contribution in [0, 0.1) is 0 Å². The minimum absolute atomic E-state index is 0.210. The van der Waals surface area contributed by atoms with Gasteiger partial charge in [-0.25, -0.2) is 0 Å². The zero-order chi connectivity index (χ0) is 22.2. The highest BCUT2D eigenvalue weighted by Crippen LogP contribution is 2.48. The second-order valence-corrected chi connectivity index (χ2v) is 7.46. The van der Waals surface area contributed by atoms with Crippen LogP contribution in [0.2, 0.25) is 0 Å². The molecule has 0 saturated carbocycles. The van der Waals surface area contributed by atoms with E-state index in [1.807, 2.05) is 66.7 Å². The number of ether oxygens (including phenoxy) is 1. The van der Waals surface area contributed by atoms with Gasteiger partial charge in [-0.1, -0.05) is 54.6 Å². The van der Waals surface area contributed by atoms with Crippen molar-refractivity contribution in [3.63, 3.8) is 0 Å². The topological polar surface area (TPSA) is 66.9 Å². The van der Waals surface area contributed by atoms with Gasteiger partial charge in [0.15, 0.2) is 0 Å². The first-order valence-electron chi connectivity index (χ1n) is 10.4. The number of para-hydroxylation sites is 3. The van der Waals surface area contributed by atoms with Crippen LogP contribution in [0.1, 0.15) is 18.1 Å². The first-order valence-corrected chi connectivity index (χ1v) is 10.4. The Morgan fingerprint density at radius 3 is 2.00 bits per heavy atom. The van der Waals surface area contributed by atoms with Crippen molar-refractivity contribution in [1.29, 1.82) is 0 Å². The number of hydrogen-bond acceptors (Lipinski definition) is 4. The van der Waals surface area contributed by atoms with Gasteiger partial charge in [-0.2, -0.15) is 0 Å². The Morgan fingerprint density at radius 2 is 1.31 bits per heavy atom. The van der Waals surface area contributed by atoms with Crippen LogP contribution < -0.4 is 9.80 Å². The molecule has 158 valence electrons. The fourth-order valence-electron chi connectivity index (χ4n) is 4.31. The summed E-state index contributed by atoms with van der Waals surface area (Å²) in [5.41, 5.74) is 4.01. The number of nitrogens with zero attached hydrogens (tertiary/aromatic N) is 2. The van der Waals surface area contributed by atoms with Gasteiger partial charge in [0.2, 0.25) is 0 Å². The minimum Gasteiger partial charge on any atom is -0.465 e. The maximum absolute atomic E-state index is 13.7. The molecular formula is C26H20N2O4. The number of rotatable bonds is 4. The minimum atomic E-state index is -0.494. The molecule has 0 radical (unpaired) electrons. The largest absolute Gasteiger partial charge is 0.465 e. The third-order valence-corrected chi connectivity index (χ3v) is 5.61. The third kappa shape index (κ3) is 3.00. The molecule has 0 atom stereocenters. The molecule has 3 aromatic carbocycles. The summed E-state index contributed by atoms with van der Waals surface area (Å²) in [6.07, 6.45) is 0. The van der Waals surface area contributed by atoms with Gasteiger partial charge in [0, 0.05) is 16.8 Å². The van der Waals surface area contributed by atoms with Crippen LogP contribution in [-0.4, -0.2) is 30.9 Å². The number of benzene rings is 3. The Hall–Kier alpha value is -4.19. The molecule has 3 aromatic rings. The summed E-state index contributed by atoms with van der Waals surface area (Å²) < 4.78 is 5.06. The van der Waals surface area contributed by atoms with Gasteiger partial charge >= 0.3 is 5.97 Å². The standard InChI is InChI=1S/C26H20N2O4/c1-2-32-22(29)16-27-20-14-8-6-12-18(20)23(25(27)30)24-19-13-7-9-15-21(19)28(26(24)31)17-10-4-3-5-11-17/h3-15H,2,16H2,1H3/b24-23-. The van der Waals surface area contributed by atoms with E-state index in [1.165, 1.54) is 4.90 Å². The Labute approximate surface area is 185 Å². The number of anilines is 3. The zero-order valence-corrected chi connectivity index (χ0v) is 17.4. The average Bonchev–Trinajstić information content (AvgIpc) is 3.25. The molecule has 0 aliphatic carbocycles. The van der Waals surface area contributed by atoms with E-state index < -0.39 is 5.97 Å². The number of amides is 2. The fourth-order valence-corrected chi connectivity index (χ4v) is 4.31. The van der Waals surface area contributed by atoms with Crippen LogP contribution in [0.5, 0.6) is 0 Å². The van der Waals surface area contributed by atoms with E-state index in [9.17, 15) is 14.4 Å². The van der Waals surface area contributed by atoms with Crippen molar-refractivity contribution in [3.8, 4) is 0 Å². The van der Waals surface area contributed by atoms with E-state index in [-0.39, 0.29) is 25.0 Å². The molecule has 2 amide bonds. The van der Waals surface area contributed by atoms with Crippen molar-refractivity contribution in [2.45, 2.75) is 6.92 Å². The van der Waals surface area contributed by atoms with Gasteiger partial charge in [0.05, 0.1) is 29.1 Å². The van der Waals surface area contributed by atoms with Crippen LogP contribution in [0.3, 0.4) is 0 Å². The fraction of sp³-hybridized carbons (Fsp3) is 0.115. The quantitative estimate of drug-likeness (QED) is 0.465. The van der Waals surface area contributed by atoms with Crippen LogP contribution in [-0.2, 0) is 19.1 Å². The number of fused-ring (bicyclic) bond motifs is 2. The molecule has 0 fully saturated rings. The molecule has 0 unspecified atom stereocenters. The van der Waals surface area contributed by atoms with Crippen LogP contribution >= 0.6 is 0 Å². The van der Waals surface area contributed by atoms with Crippen LogP contribution in [0.4, 0.5) is 17.1 Å². The van der Waals surface area contributed by atoms with Gasteiger partial charge < -0.3 is 4.74 Å². The van der Waals surface area contributed by atoms with Crippen molar-refractivity contribution in [2.75, 3.05) is 23.0 Å². The lowest BCUT2D eigenvalue weighted by Gasteiger charge is -2.17. The van der Waals surface area contributed by atoms with Crippen LogP contribution in [0.15, 0.2) is 78.9 Å². The van der Waals surface area contributed by atoms with E-state index in [0.717, 1.165) is 11.4 Å². The second kappa shape index (κ2) is 7.81. The predicted octanol–water partition coefficient (Wildman–Crippen LogP) is 4.19. The molecule has 0 saturated heterocycles. The molecule has 5 rings (SSSR count). The maximum Gasteiger partial charge on any atom is 0.326 e. The summed E-state index contributed by atoms with van der Waals surface area (Å²) in [7, 11) is 0. The van der Waals surface area contributed by atoms with Gasteiger partial charge in [-0.15, -0.1) is 0 Å². The highest BCUT2D eigenvalue weighted by molar-refractivity contribution is 6.50. The Balaban J connectivity index is 1.70. The molecule has 2 heterocycles. The Bertz CT molecular complexity index is 1280. The van der Waals surface area contributed by atoms with E-state index in [4.69, 9.17) is 4.74 Å². The first kappa shape index (κ1) is 19.8. The lowest BCUT2D eigenvalue weighted by Crippen LogP contribution is -2.33. The van der Waals surface area contributed by atoms with E-state index in [2.05, 4.69) is 0 Å². The molecule has 0 aromatic heterocycles. The number of hydrogen-bond donors (Lipinski definition) is 0. The van der Waals surface area contributed by atoms with Gasteiger partial charge in [0.1, 0.15) is 6.54 Å². The summed E-state index contributed by atoms with van der Waals surface area (Å²) in [5.74, 6) is -1.15. The van der Waals surface area contributed by atoms with Crippen LogP contribution in [0.25, 0.3) is 11.1 Å². The molecular weight excluding hydrogens is 404 g/mol. The second-order valence-electron chi connectivity index (χ2n) is 7.46. The number of esters is 1. The van der Waals surface area contributed by atoms with E-state index in [0.29, 0.717) is 28.0 Å². The van der Waals surface area contributed by atoms with Gasteiger partial charge in [-0.05, 0) is 31.2 Å². The first-order chi connectivity index (χ1) is 15.6. The number of carbonyl (C=O) groups is 3. The number of carbonyl (C=O) groups excluding carboxylic acids is 3. The highest BCUT2D eigenvalue weighted by Gasteiger charge is 2.42. The van der Waals surface area contributed by atoms with Gasteiger partial charge in [-0.3, -0.25) is 24.2 Å². The summed E-state index contributed by atoms with van der Waals surface area (Å²) in [5, 5.41) is 0. The van der Waals surface area contributed by atoms with Crippen molar-refractivity contribution in [2.24, 2.45) is 0 Å². The summed E-state index contributed by atoms with van der Waals surface area (Å²) in [4.78, 5) is 42.5. The molecule has 6 nitrogen and oxygen atoms in total. The van der Waals surface area contributed by atoms with E-state index in [1.54, 1.807) is 24.0 Å². The molecule has 2 aliphatic heterocycles. The maximum atomic E-state index is 13.7. The molecule has 32 heavy (non-hydrogen) atoms. The van der Waals surface area contributed by atoms with E-state index >= 15 is 0 Å². The molecule has 0 bridgehead atoms. The lowest BCUT2D eigenvalue weighted by molar-refractivity contribution is -0.142. The molecule has 6 heteroatoms. The third-order valence-electron chi connectivity index (χ3n) is 5.61. The Morgan fingerprint density at radius 1 is 0.750 bits per heavy atom. The summed E-state index contributed by atoms with van der Waals surface area (Å²) >= 11 is 0. The van der Waals surface area contributed by atoms with Crippen molar-refractivity contribution < 1.29 is 19.1 Å². The monoisotopic (exact) mass is 424 g/mol. The normalized spacial score (nSPS) is 16.9. The van der Waals surface area contributed by atoms with Crippen molar-refractivity contribution in [1.82, 2.24) is 0 Å². The highest BCUT2D eigenvalue weighted by atomic mass is 16.5. The van der Waals surface area contributed by atoms with Crippen molar-refractivity contribution in [3.05, 3.63) is 90.0 Å². The SMILES string of the molecule is CCOC(=O)CN1C(=O)/C(=C2\C(=O)N(c3ccccc3)c3ccccc32)c2ccccc21. The Kier molecular flexibility index (Phi) is 4.82. The zero-order valence-electron chi connectivity index (χ0n) is 17.4. The molecule has 2 aliphatic rings.